The average Bonchev–Trinajstić information content (AvgIpc) is 2.83. The molecule has 2 heterocycles. The number of hydrogen-bond acceptors (Lipinski definition) is 4. The van der Waals surface area contributed by atoms with Gasteiger partial charge in [-0.2, -0.15) is 0 Å². The normalized spacial score (nSPS) is 16.4. The third-order valence-corrected chi connectivity index (χ3v) is 6.01. The van der Waals surface area contributed by atoms with E-state index in [2.05, 4.69) is 15.3 Å². The lowest BCUT2D eigenvalue weighted by Crippen LogP contribution is -2.47. The van der Waals surface area contributed by atoms with E-state index >= 15 is 0 Å². The van der Waals surface area contributed by atoms with Crippen LogP contribution in [0.1, 0.15) is 29.6 Å². The number of likely N-dealkylation sites (tertiary alicyclic amines) is 1. The van der Waals surface area contributed by atoms with Gasteiger partial charge in [0.05, 0.1) is 17.2 Å². The summed E-state index contributed by atoms with van der Waals surface area (Å²) in [7, 11) is 0. The maximum absolute atomic E-state index is 13.6. The molecule has 7 heteroatoms. The molecule has 1 unspecified atom stereocenters. The minimum atomic E-state index is -0.955. The van der Waals surface area contributed by atoms with Gasteiger partial charge >= 0.3 is 0 Å². The first-order valence-electron chi connectivity index (χ1n) is 10.7. The third-order valence-electron chi connectivity index (χ3n) is 6.01. The van der Waals surface area contributed by atoms with Crippen molar-refractivity contribution in [1.82, 2.24) is 14.9 Å². The Bertz CT molecular complexity index is 1300. The van der Waals surface area contributed by atoms with Gasteiger partial charge in [0.25, 0.3) is 5.91 Å². The van der Waals surface area contributed by atoms with Crippen LogP contribution in [-0.2, 0) is 0 Å². The Morgan fingerprint density at radius 3 is 2.69 bits per heavy atom. The van der Waals surface area contributed by atoms with Gasteiger partial charge in [-0.25, -0.2) is 13.8 Å². The summed E-state index contributed by atoms with van der Waals surface area (Å²) in [5.74, 6) is -1.41. The minimum absolute atomic E-state index is 0.00216. The van der Waals surface area contributed by atoms with Crippen molar-refractivity contribution < 1.29 is 13.6 Å². The van der Waals surface area contributed by atoms with Crippen LogP contribution in [-0.4, -0.2) is 39.9 Å². The summed E-state index contributed by atoms with van der Waals surface area (Å²) in [5.41, 5.74) is 1.28. The van der Waals surface area contributed by atoms with E-state index in [4.69, 9.17) is 0 Å². The van der Waals surface area contributed by atoms with Crippen molar-refractivity contribution in [1.29, 1.82) is 0 Å². The van der Waals surface area contributed by atoms with Crippen molar-refractivity contribution in [3.63, 3.8) is 0 Å². The molecule has 0 saturated carbocycles. The lowest BCUT2D eigenvalue weighted by Gasteiger charge is -2.36. The number of rotatable bonds is 4. The molecule has 32 heavy (non-hydrogen) atoms. The van der Waals surface area contributed by atoms with E-state index in [-0.39, 0.29) is 17.5 Å². The van der Waals surface area contributed by atoms with Gasteiger partial charge in [0.1, 0.15) is 5.82 Å². The summed E-state index contributed by atoms with van der Waals surface area (Å²) in [5, 5.41) is 5.22. The van der Waals surface area contributed by atoms with E-state index in [0.29, 0.717) is 30.0 Å². The standard InChI is InChI=1S/C25H22F2N4O/c26-20-12-22-23(13-21(20)27)30-24(15-28-22)29-14-17-8-3-4-11-31(17)25(32)19-10-5-7-16-6-1-2-9-18(16)19/h1-2,5-7,9-10,12-13,15,17H,3-4,8,11,14H2,(H,29,30). The fourth-order valence-electron chi connectivity index (χ4n) is 4.36. The van der Waals surface area contributed by atoms with Crippen LogP contribution in [0.4, 0.5) is 14.6 Å². The maximum atomic E-state index is 13.6. The molecule has 1 N–H and O–H groups in total. The third kappa shape index (κ3) is 3.86. The largest absolute Gasteiger partial charge is 0.367 e. The first-order chi connectivity index (χ1) is 15.6. The van der Waals surface area contributed by atoms with Gasteiger partial charge in [-0.05, 0) is 36.1 Å². The highest BCUT2D eigenvalue weighted by Crippen LogP contribution is 2.25. The molecule has 4 aromatic rings. The Morgan fingerprint density at radius 1 is 1.03 bits per heavy atom. The molecule has 1 aliphatic rings. The lowest BCUT2D eigenvalue weighted by molar-refractivity contribution is 0.0630. The smallest absolute Gasteiger partial charge is 0.254 e. The van der Waals surface area contributed by atoms with E-state index in [1.807, 2.05) is 47.4 Å². The number of halogens is 2. The molecule has 1 amide bonds. The van der Waals surface area contributed by atoms with Crippen molar-refractivity contribution >= 4 is 33.5 Å². The topological polar surface area (TPSA) is 58.1 Å². The molecule has 0 spiro atoms. The molecule has 162 valence electrons. The van der Waals surface area contributed by atoms with Crippen molar-refractivity contribution in [2.45, 2.75) is 25.3 Å². The zero-order valence-electron chi connectivity index (χ0n) is 17.4. The number of nitrogens with one attached hydrogen (secondary N) is 1. The van der Waals surface area contributed by atoms with Crippen LogP contribution >= 0.6 is 0 Å². The number of anilines is 1. The van der Waals surface area contributed by atoms with Gasteiger partial charge in [0.2, 0.25) is 0 Å². The Kier molecular flexibility index (Phi) is 5.39. The van der Waals surface area contributed by atoms with E-state index in [0.717, 1.165) is 42.2 Å². The quantitative estimate of drug-likeness (QED) is 0.484. The minimum Gasteiger partial charge on any atom is -0.367 e. The Morgan fingerprint density at radius 2 is 1.81 bits per heavy atom. The molecule has 1 aliphatic heterocycles. The SMILES string of the molecule is O=C(c1cccc2ccccc12)N1CCCCC1CNc1cnc2cc(F)c(F)cc2n1. The summed E-state index contributed by atoms with van der Waals surface area (Å²) in [6.07, 6.45) is 4.39. The predicted molar refractivity (Wildman–Crippen MR) is 121 cm³/mol. The molecule has 1 fully saturated rings. The summed E-state index contributed by atoms with van der Waals surface area (Å²) in [6, 6.07) is 15.8. The van der Waals surface area contributed by atoms with Crippen molar-refractivity contribution in [3.8, 4) is 0 Å². The molecule has 3 aromatic carbocycles. The van der Waals surface area contributed by atoms with Crippen molar-refractivity contribution in [2.75, 3.05) is 18.4 Å². The van der Waals surface area contributed by atoms with Crippen LogP contribution in [0.15, 0.2) is 60.8 Å². The fraction of sp³-hybridized carbons (Fsp3) is 0.240. The highest BCUT2D eigenvalue weighted by atomic mass is 19.2. The second-order valence-electron chi connectivity index (χ2n) is 8.07. The predicted octanol–water partition coefficient (Wildman–Crippen LogP) is 5.17. The van der Waals surface area contributed by atoms with Gasteiger partial charge in [-0.1, -0.05) is 36.4 Å². The van der Waals surface area contributed by atoms with Gasteiger partial charge in [-0.3, -0.25) is 9.78 Å². The maximum Gasteiger partial charge on any atom is 0.254 e. The number of carbonyl (C=O) groups excluding carboxylic acids is 1. The number of aromatic nitrogens is 2. The Hall–Kier alpha value is -3.61. The first kappa shape index (κ1) is 20.3. The van der Waals surface area contributed by atoms with Crippen LogP contribution in [0.5, 0.6) is 0 Å². The van der Waals surface area contributed by atoms with Gasteiger partial charge in [0, 0.05) is 36.8 Å². The van der Waals surface area contributed by atoms with Crippen LogP contribution in [0.3, 0.4) is 0 Å². The summed E-state index contributed by atoms with van der Waals surface area (Å²) in [4.78, 5) is 23.9. The van der Waals surface area contributed by atoms with Crippen molar-refractivity contribution in [3.05, 3.63) is 78.0 Å². The highest BCUT2D eigenvalue weighted by molar-refractivity contribution is 6.07. The van der Waals surface area contributed by atoms with Gasteiger partial charge < -0.3 is 10.2 Å². The second kappa shape index (κ2) is 8.49. The molecule has 1 aromatic heterocycles. The molecule has 5 nitrogen and oxygen atoms in total. The second-order valence-corrected chi connectivity index (χ2v) is 8.07. The highest BCUT2D eigenvalue weighted by Gasteiger charge is 2.28. The monoisotopic (exact) mass is 432 g/mol. The molecule has 1 saturated heterocycles. The van der Waals surface area contributed by atoms with Crippen LogP contribution in [0, 0.1) is 11.6 Å². The molecule has 0 aliphatic carbocycles. The Labute approximate surface area is 184 Å². The van der Waals surface area contributed by atoms with Crippen LogP contribution in [0.25, 0.3) is 21.8 Å². The van der Waals surface area contributed by atoms with E-state index < -0.39 is 11.6 Å². The Balaban J connectivity index is 1.36. The number of nitrogens with zero attached hydrogens (tertiary/aromatic N) is 3. The number of carbonyl (C=O) groups is 1. The van der Waals surface area contributed by atoms with Crippen molar-refractivity contribution in [2.24, 2.45) is 0 Å². The number of fused-ring (bicyclic) bond motifs is 2. The zero-order chi connectivity index (χ0) is 22.1. The summed E-state index contributed by atoms with van der Waals surface area (Å²) >= 11 is 0. The lowest BCUT2D eigenvalue weighted by atomic mass is 9.98. The summed E-state index contributed by atoms with van der Waals surface area (Å²) in [6.45, 7) is 1.20. The molecular weight excluding hydrogens is 410 g/mol. The fourth-order valence-corrected chi connectivity index (χ4v) is 4.36. The van der Waals surface area contributed by atoms with E-state index in [1.54, 1.807) is 0 Å². The summed E-state index contributed by atoms with van der Waals surface area (Å²) < 4.78 is 27.0. The number of hydrogen-bond donors (Lipinski definition) is 1. The molecule has 5 rings (SSSR count). The van der Waals surface area contributed by atoms with Crippen LogP contribution < -0.4 is 5.32 Å². The number of benzene rings is 3. The van der Waals surface area contributed by atoms with E-state index in [1.165, 1.54) is 6.20 Å². The number of piperidine rings is 1. The van der Waals surface area contributed by atoms with E-state index in [9.17, 15) is 13.6 Å². The van der Waals surface area contributed by atoms with Gasteiger partial charge in [-0.15, -0.1) is 0 Å². The average molecular weight is 432 g/mol. The number of amides is 1. The molecule has 1 atom stereocenters. The van der Waals surface area contributed by atoms with Crippen LogP contribution in [0.2, 0.25) is 0 Å². The zero-order valence-corrected chi connectivity index (χ0v) is 17.4. The van der Waals surface area contributed by atoms with Gasteiger partial charge in [0.15, 0.2) is 11.6 Å². The molecule has 0 bridgehead atoms. The first-order valence-corrected chi connectivity index (χ1v) is 10.7. The molecular formula is C25H22F2N4O. The molecule has 0 radical (unpaired) electrons.